The first-order valence-electron chi connectivity index (χ1n) is 5.80. The summed E-state index contributed by atoms with van der Waals surface area (Å²) in [5.41, 5.74) is 10.4. The maximum absolute atomic E-state index is 6.01. The predicted molar refractivity (Wildman–Crippen MR) is 72.2 cm³/mol. The minimum absolute atomic E-state index is 0.183. The number of nitrogen functional groups attached to an aromatic ring is 1. The van der Waals surface area contributed by atoms with Gasteiger partial charge in [0, 0.05) is 5.69 Å². The molecule has 0 saturated carbocycles. The second kappa shape index (κ2) is 4.57. The van der Waals surface area contributed by atoms with Gasteiger partial charge < -0.3 is 5.73 Å². The van der Waals surface area contributed by atoms with E-state index in [2.05, 4.69) is 22.0 Å². The molecule has 0 spiro atoms. The normalized spacial score (nSPS) is 10.9. The molecule has 0 amide bonds. The quantitative estimate of drug-likeness (QED) is 0.847. The number of nitrogens with two attached hydrogens (primary N) is 1. The molecule has 0 radical (unpaired) electrons. The monoisotopic (exact) mass is 265 g/mol. The standard InChI is InChI=1S/C12H16ClN5/c1-5-9-6(2)17-18(8(9)4)11-10(14)7(3)15-12(13)16-11/h5,14H2,1-4H3. The Bertz CT molecular complexity index is 603. The van der Waals surface area contributed by atoms with Crippen LogP contribution in [-0.2, 0) is 6.42 Å². The maximum Gasteiger partial charge on any atom is 0.224 e. The van der Waals surface area contributed by atoms with E-state index in [0.717, 1.165) is 17.8 Å². The van der Waals surface area contributed by atoms with Crippen LogP contribution in [0, 0.1) is 20.8 Å². The molecule has 0 unspecified atom stereocenters. The van der Waals surface area contributed by atoms with Crippen LogP contribution >= 0.6 is 11.6 Å². The van der Waals surface area contributed by atoms with Gasteiger partial charge in [-0.05, 0) is 44.4 Å². The van der Waals surface area contributed by atoms with Crippen molar-refractivity contribution >= 4 is 17.3 Å². The fourth-order valence-corrected chi connectivity index (χ4v) is 2.29. The highest BCUT2D eigenvalue weighted by Crippen LogP contribution is 2.23. The van der Waals surface area contributed by atoms with Gasteiger partial charge in [-0.15, -0.1) is 0 Å². The molecule has 2 aromatic rings. The van der Waals surface area contributed by atoms with Crippen LogP contribution in [-0.4, -0.2) is 19.7 Å². The van der Waals surface area contributed by atoms with Crippen LogP contribution in [0.15, 0.2) is 0 Å². The summed E-state index contributed by atoms with van der Waals surface area (Å²) in [5.74, 6) is 0.549. The second-order valence-corrected chi connectivity index (χ2v) is 4.57. The molecular weight excluding hydrogens is 250 g/mol. The van der Waals surface area contributed by atoms with E-state index in [1.54, 1.807) is 11.6 Å². The third-order valence-electron chi connectivity index (χ3n) is 3.08. The van der Waals surface area contributed by atoms with Crippen molar-refractivity contribution < 1.29 is 0 Å². The summed E-state index contributed by atoms with van der Waals surface area (Å²) in [4.78, 5) is 8.21. The van der Waals surface area contributed by atoms with Gasteiger partial charge in [-0.25, -0.2) is 9.67 Å². The summed E-state index contributed by atoms with van der Waals surface area (Å²) in [6.07, 6.45) is 0.926. The average molecular weight is 266 g/mol. The van der Waals surface area contributed by atoms with Crippen LogP contribution in [0.4, 0.5) is 5.69 Å². The van der Waals surface area contributed by atoms with Crippen molar-refractivity contribution in [3.8, 4) is 5.82 Å². The van der Waals surface area contributed by atoms with Gasteiger partial charge in [0.15, 0.2) is 5.82 Å². The summed E-state index contributed by atoms with van der Waals surface area (Å²) < 4.78 is 1.74. The van der Waals surface area contributed by atoms with Crippen molar-refractivity contribution in [3.63, 3.8) is 0 Å². The van der Waals surface area contributed by atoms with Crippen LogP contribution in [0.5, 0.6) is 0 Å². The van der Waals surface area contributed by atoms with Crippen molar-refractivity contribution in [2.45, 2.75) is 34.1 Å². The molecule has 0 aromatic carbocycles. The lowest BCUT2D eigenvalue weighted by Crippen LogP contribution is -2.09. The molecule has 2 N–H and O–H groups in total. The highest BCUT2D eigenvalue weighted by Gasteiger charge is 2.16. The lowest BCUT2D eigenvalue weighted by molar-refractivity contribution is 0.800. The van der Waals surface area contributed by atoms with E-state index in [4.69, 9.17) is 17.3 Å². The summed E-state index contributed by atoms with van der Waals surface area (Å²) in [5, 5.41) is 4.66. The maximum atomic E-state index is 6.01. The SMILES string of the molecule is CCc1c(C)nn(-c2nc(Cl)nc(C)c2N)c1C. The summed E-state index contributed by atoms with van der Waals surface area (Å²) in [6.45, 7) is 7.89. The molecule has 5 nitrogen and oxygen atoms in total. The average Bonchev–Trinajstić information content (AvgIpc) is 2.59. The first-order chi connectivity index (χ1) is 8.45. The number of nitrogens with zero attached hydrogens (tertiary/aromatic N) is 4. The fourth-order valence-electron chi connectivity index (χ4n) is 2.09. The first-order valence-corrected chi connectivity index (χ1v) is 6.18. The molecule has 2 aromatic heterocycles. The van der Waals surface area contributed by atoms with Gasteiger partial charge in [0.2, 0.25) is 5.28 Å². The molecule has 0 fully saturated rings. The van der Waals surface area contributed by atoms with Crippen LogP contribution in [0.25, 0.3) is 5.82 Å². The topological polar surface area (TPSA) is 69.6 Å². The molecule has 0 aliphatic rings. The lowest BCUT2D eigenvalue weighted by Gasteiger charge is -2.09. The van der Waals surface area contributed by atoms with Gasteiger partial charge in [-0.2, -0.15) is 10.1 Å². The molecule has 0 atom stereocenters. The largest absolute Gasteiger partial charge is 0.394 e. The van der Waals surface area contributed by atoms with E-state index in [-0.39, 0.29) is 5.28 Å². The number of hydrogen-bond acceptors (Lipinski definition) is 4. The van der Waals surface area contributed by atoms with Gasteiger partial charge >= 0.3 is 0 Å². The number of aromatic nitrogens is 4. The Labute approximate surface area is 111 Å². The Balaban J connectivity index is 2.70. The number of aryl methyl sites for hydroxylation is 2. The number of rotatable bonds is 2. The van der Waals surface area contributed by atoms with E-state index < -0.39 is 0 Å². The summed E-state index contributed by atoms with van der Waals surface area (Å²) >= 11 is 5.89. The van der Waals surface area contributed by atoms with Gasteiger partial charge in [-0.3, -0.25) is 0 Å². The number of halogens is 1. The number of hydrogen-bond donors (Lipinski definition) is 1. The molecule has 0 aliphatic carbocycles. The molecule has 2 rings (SSSR count). The highest BCUT2D eigenvalue weighted by atomic mass is 35.5. The van der Waals surface area contributed by atoms with E-state index in [0.29, 0.717) is 17.2 Å². The van der Waals surface area contributed by atoms with Crippen molar-refractivity contribution in [1.82, 2.24) is 19.7 Å². The molecule has 18 heavy (non-hydrogen) atoms. The zero-order valence-electron chi connectivity index (χ0n) is 11.0. The third-order valence-corrected chi connectivity index (χ3v) is 3.25. The third kappa shape index (κ3) is 1.95. The van der Waals surface area contributed by atoms with Crippen molar-refractivity contribution in [1.29, 1.82) is 0 Å². The Kier molecular flexibility index (Phi) is 3.26. The summed E-state index contributed by atoms with van der Waals surface area (Å²) in [6, 6.07) is 0. The lowest BCUT2D eigenvalue weighted by atomic mass is 10.1. The molecule has 0 bridgehead atoms. The molecule has 0 saturated heterocycles. The van der Waals surface area contributed by atoms with Crippen molar-refractivity contribution in [2.75, 3.05) is 5.73 Å². The van der Waals surface area contributed by atoms with E-state index in [1.165, 1.54) is 5.56 Å². The minimum atomic E-state index is 0.183. The zero-order valence-corrected chi connectivity index (χ0v) is 11.7. The molecular formula is C12H16ClN5. The van der Waals surface area contributed by atoms with E-state index in [1.807, 2.05) is 13.8 Å². The van der Waals surface area contributed by atoms with Crippen LogP contribution in [0.2, 0.25) is 5.28 Å². The Morgan fingerprint density at radius 1 is 1.17 bits per heavy atom. The minimum Gasteiger partial charge on any atom is -0.394 e. The van der Waals surface area contributed by atoms with Crippen molar-refractivity contribution in [3.05, 3.63) is 27.9 Å². The first kappa shape index (κ1) is 12.8. The zero-order chi connectivity index (χ0) is 13.4. The fraction of sp³-hybridized carbons (Fsp3) is 0.417. The Hall–Kier alpha value is -1.62. The van der Waals surface area contributed by atoms with Gasteiger partial charge in [-0.1, -0.05) is 6.92 Å². The van der Waals surface area contributed by atoms with Gasteiger partial charge in [0.05, 0.1) is 17.1 Å². The Morgan fingerprint density at radius 3 is 2.39 bits per heavy atom. The predicted octanol–water partition coefficient (Wildman–Crippen LogP) is 2.39. The van der Waals surface area contributed by atoms with E-state index >= 15 is 0 Å². The molecule has 2 heterocycles. The highest BCUT2D eigenvalue weighted by molar-refractivity contribution is 6.28. The van der Waals surface area contributed by atoms with E-state index in [9.17, 15) is 0 Å². The van der Waals surface area contributed by atoms with Gasteiger partial charge in [0.1, 0.15) is 0 Å². The number of anilines is 1. The molecule has 6 heteroatoms. The van der Waals surface area contributed by atoms with Crippen LogP contribution < -0.4 is 5.73 Å². The molecule has 96 valence electrons. The van der Waals surface area contributed by atoms with Crippen LogP contribution in [0.3, 0.4) is 0 Å². The van der Waals surface area contributed by atoms with Gasteiger partial charge in [0.25, 0.3) is 0 Å². The smallest absolute Gasteiger partial charge is 0.224 e. The second-order valence-electron chi connectivity index (χ2n) is 4.23. The van der Waals surface area contributed by atoms with Crippen LogP contribution in [0.1, 0.15) is 29.6 Å². The Morgan fingerprint density at radius 2 is 1.83 bits per heavy atom. The van der Waals surface area contributed by atoms with Crippen molar-refractivity contribution in [2.24, 2.45) is 0 Å². The molecule has 0 aliphatic heterocycles. The summed E-state index contributed by atoms with van der Waals surface area (Å²) in [7, 11) is 0.